The molecule has 4 heteroatoms. The molecule has 0 saturated heterocycles. The maximum Gasteiger partial charge on any atom is 0.193 e. The maximum absolute atomic E-state index is 4.65. The molecule has 0 amide bonds. The highest BCUT2D eigenvalue weighted by atomic mass is 32.1. The molecule has 92 valence electrons. The number of likely N-dealkylation sites (N-methyl/N-ethyl adjacent to an activating group) is 1. The quantitative estimate of drug-likeness (QED) is 0.883. The standard InChI is InChI=1S/C13H19N3S/c1-14-11(7-10-3-2-4-10)8-12-9-16-5-6-17-13(16)15-12/h5-6,9-11,14H,2-4,7-8H2,1H3. The van der Waals surface area contributed by atoms with Gasteiger partial charge in [-0.15, -0.1) is 11.3 Å². The molecule has 3 nitrogen and oxygen atoms in total. The van der Waals surface area contributed by atoms with E-state index in [9.17, 15) is 0 Å². The van der Waals surface area contributed by atoms with Crippen LogP contribution in [-0.4, -0.2) is 22.5 Å². The topological polar surface area (TPSA) is 29.3 Å². The van der Waals surface area contributed by atoms with Crippen molar-refractivity contribution in [2.45, 2.75) is 38.1 Å². The zero-order valence-corrected chi connectivity index (χ0v) is 11.0. The minimum atomic E-state index is 0.588. The lowest BCUT2D eigenvalue weighted by atomic mass is 9.80. The van der Waals surface area contributed by atoms with Crippen molar-refractivity contribution in [1.82, 2.24) is 14.7 Å². The Morgan fingerprint density at radius 3 is 3.12 bits per heavy atom. The molecule has 1 atom stereocenters. The van der Waals surface area contributed by atoms with Crippen LogP contribution in [0, 0.1) is 5.92 Å². The van der Waals surface area contributed by atoms with Crippen molar-refractivity contribution >= 4 is 16.3 Å². The number of rotatable bonds is 5. The number of aromatic nitrogens is 2. The molecule has 1 aliphatic carbocycles. The van der Waals surface area contributed by atoms with Crippen LogP contribution in [0.4, 0.5) is 0 Å². The van der Waals surface area contributed by atoms with Crippen molar-refractivity contribution in [3.8, 4) is 0 Å². The summed E-state index contributed by atoms with van der Waals surface area (Å²) in [6.07, 6.45) is 10.9. The van der Waals surface area contributed by atoms with Crippen LogP contribution in [0.25, 0.3) is 4.96 Å². The second-order valence-electron chi connectivity index (χ2n) is 5.05. The van der Waals surface area contributed by atoms with Gasteiger partial charge in [0.05, 0.1) is 5.69 Å². The van der Waals surface area contributed by atoms with Gasteiger partial charge in [0.15, 0.2) is 4.96 Å². The van der Waals surface area contributed by atoms with Crippen LogP contribution in [0.3, 0.4) is 0 Å². The van der Waals surface area contributed by atoms with Crippen LogP contribution in [0.5, 0.6) is 0 Å². The van der Waals surface area contributed by atoms with Gasteiger partial charge >= 0.3 is 0 Å². The normalized spacial score (nSPS) is 18.4. The molecule has 0 aliphatic heterocycles. The fraction of sp³-hybridized carbons (Fsp3) is 0.615. The Morgan fingerprint density at radius 2 is 2.47 bits per heavy atom. The molecule has 1 aliphatic rings. The zero-order chi connectivity index (χ0) is 11.7. The van der Waals surface area contributed by atoms with Crippen molar-refractivity contribution in [1.29, 1.82) is 0 Å². The Morgan fingerprint density at radius 1 is 1.59 bits per heavy atom. The third kappa shape index (κ3) is 2.38. The highest BCUT2D eigenvalue weighted by Crippen LogP contribution is 2.31. The predicted molar refractivity (Wildman–Crippen MR) is 71.6 cm³/mol. The monoisotopic (exact) mass is 249 g/mol. The Hall–Kier alpha value is -0.870. The van der Waals surface area contributed by atoms with Gasteiger partial charge in [-0.25, -0.2) is 4.98 Å². The van der Waals surface area contributed by atoms with Gasteiger partial charge in [0.1, 0.15) is 0 Å². The second kappa shape index (κ2) is 4.78. The first-order valence-corrected chi connectivity index (χ1v) is 7.31. The number of hydrogen-bond donors (Lipinski definition) is 1. The molecular weight excluding hydrogens is 230 g/mol. The smallest absolute Gasteiger partial charge is 0.193 e. The van der Waals surface area contributed by atoms with Crippen molar-refractivity contribution in [3.05, 3.63) is 23.5 Å². The van der Waals surface area contributed by atoms with Crippen LogP contribution in [0.2, 0.25) is 0 Å². The average Bonchev–Trinajstić information content (AvgIpc) is 2.81. The van der Waals surface area contributed by atoms with E-state index in [4.69, 9.17) is 0 Å². The summed E-state index contributed by atoms with van der Waals surface area (Å²) in [5.74, 6) is 0.955. The number of hydrogen-bond acceptors (Lipinski definition) is 3. The van der Waals surface area contributed by atoms with Crippen LogP contribution >= 0.6 is 11.3 Å². The lowest BCUT2D eigenvalue weighted by molar-refractivity contribution is 0.263. The Balaban J connectivity index is 1.65. The van der Waals surface area contributed by atoms with Crippen molar-refractivity contribution < 1.29 is 0 Å². The molecule has 2 heterocycles. The molecule has 1 N–H and O–H groups in total. The van der Waals surface area contributed by atoms with Crippen molar-refractivity contribution in [2.75, 3.05) is 7.05 Å². The molecule has 2 aromatic rings. The van der Waals surface area contributed by atoms with E-state index in [0.29, 0.717) is 6.04 Å². The third-order valence-electron chi connectivity index (χ3n) is 3.85. The van der Waals surface area contributed by atoms with Gasteiger partial charge in [0.25, 0.3) is 0 Å². The second-order valence-corrected chi connectivity index (χ2v) is 5.92. The summed E-state index contributed by atoms with van der Waals surface area (Å²) in [6.45, 7) is 0. The largest absolute Gasteiger partial charge is 0.317 e. The first-order chi connectivity index (χ1) is 8.35. The number of nitrogens with one attached hydrogen (secondary N) is 1. The molecule has 3 rings (SSSR count). The number of thiazole rings is 1. The minimum Gasteiger partial charge on any atom is -0.317 e. The van der Waals surface area contributed by atoms with Crippen LogP contribution in [-0.2, 0) is 6.42 Å². The summed E-state index contributed by atoms with van der Waals surface area (Å²) in [5.41, 5.74) is 1.22. The van der Waals surface area contributed by atoms with E-state index in [1.807, 2.05) is 0 Å². The van der Waals surface area contributed by atoms with Gasteiger partial charge in [-0.3, -0.25) is 4.40 Å². The predicted octanol–water partition coefficient (Wildman–Crippen LogP) is 2.72. The SMILES string of the molecule is CNC(Cc1cn2ccsc2n1)CC1CCC1. The van der Waals surface area contributed by atoms with Gasteiger partial charge in [-0.2, -0.15) is 0 Å². The van der Waals surface area contributed by atoms with Crippen LogP contribution in [0.15, 0.2) is 17.8 Å². The summed E-state index contributed by atoms with van der Waals surface area (Å²) in [6, 6.07) is 0.588. The minimum absolute atomic E-state index is 0.588. The van der Waals surface area contributed by atoms with Crippen molar-refractivity contribution in [3.63, 3.8) is 0 Å². The van der Waals surface area contributed by atoms with Gasteiger partial charge < -0.3 is 5.32 Å². The summed E-state index contributed by atoms with van der Waals surface area (Å²) < 4.78 is 2.12. The third-order valence-corrected chi connectivity index (χ3v) is 4.62. The molecule has 0 aromatic carbocycles. The molecule has 1 fully saturated rings. The fourth-order valence-corrected chi connectivity index (χ4v) is 3.28. The van der Waals surface area contributed by atoms with E-state index in [1.54, 1.807) is 11.3 Å². The number of fused-ring (bicyclic) bond motifs is 1. The van der Waals surface area contributed by atoms with E-state index in [2.05, 4.69) is 39.5 Å². The first-order valence-electron chi connectivity index (χ1n) is 6.43. The summed E-state index contributed by atoms with van der Waals surface area (Å²) in [7, 11) is 2.07. The summed E-state index contributed by atoms with van der Waals surface area (Å²) in [5, 5.41) is 5.52. The van der Waals surface area contributed by atoms with Gasteiger partial charge in [-0.05, 0) is 19.4 Å². The molecule has 17 heavy (non-hydrogen) atoms. The van der Waals surface area contributed by atoms with Gasteiger partial charge in [-0.1, -0.05) is 19.3 Å². The average molecular weight is 249 g/mol. The number of nitrogens with zero attached hydrogens (tertiary/aromatic N) is 2. The van der Waals surface area contributed by atoms with Gasteiger partial charge in [0.2, 0.25) is 0 Å². The Kier molecular flexibility index (Phi) is 3.16. The highest BCUT2D eigenvalue weighted by molar-refractivity contribution is 7.15. The van der Waals surface area contributed by atoms with E-state index in [1.165, 1.54) is 31.4 Å². The van der Waals surface area contributed by atoms with Crippen LogP contribution < -0.4 is 5.32 Å². The number of imidazole rings is 1. The van der Waals surface area contributed by atoms with Gasteiger partial charge in [0, 0.05) is 30.2 Å². The van der Waals surface area contributed by atoms with E-state index >= 15 is 0 Å². The Bertz CT molecular complexity index is 455. The van der Waals surface area contributed by atoms with Crippen LogP contribution in [0.1, 0.15) is 31.4 Å². The molecule has 0 spiro atoms. The van der Waals surface area contributed by atoms with E-state index in [-0.39, 0.29) is 0 Å². The molecule has 1 saturated carbocycles. The van der Waals surface area contributed by atoms with E-state index in [0.717, 1.165) is 17.3 Å². The molecule has 0 bridgehead atoms. The molecule has 0 radical (unpaired) electrons. The Labute approximate surface area is 106 Å². The van der Waals surface area contributed by atoms with E-state index < -0.39 is 0 Å². The highest BCUT2D eigenvalue weighted by Gasteiger charge is 2.22. The zero-order valence-electron chi connectivity index (χ0n) is 10.2. The lowest BCUT2D eigenvalue weighted by Gasteiger charge is -2.29. The first kappa shape index (κ1) is 11.2. The molecule has 2 aromatic heterocycles. The fourth-order valence-electron chi connectivity index (χ4n) is 2.56. The molecular formula is C13H19N3S. The summed E-state index contributed by atoms with van der Waals surface area (Å²) in [4.78, 5) is 5.76. The van der Waals surface area contributed by atoms with Crippen molar-refractivity contribution in [2.24, 2.45) is 5.92 Å². The molecule has 1 unspecified atom stereocenters. The lowest BCUT2D eigenvalue weighted by Crippen LogP contribution is -2.32. The summed E-state index contributed by atoms with van der Waals surface area (Å²) >= 11 is 1.70. The maximum atomic E-state index is 4.65.